The van der Waals surface area contributed by atoms with Crippen LogP contribution in [0.5, 0.6) is 5.75 Å². The van der Waals surface area contributed by atoms with Crippen LogP contribution in [0.4, 0.5) is 11.4 Å². The van der Waals surface area contributed by atoms with Gasteiger partial charge in [0.05, 0.1) is 17.6 Å². The van der Waals surface area contributed by atoms with Crippen LogP contribution in [-0.2, 0) is 0 Å². The molecule has 112 valence electrons. The molecular formula is C15H24N2O3. The molecule has 0 saturated heterocycles. The van der Waals surface area contributed by atoms with Crippen LogP contribution in [0.15, 0.2) is 18.2 Å². The third-order valence-electron chi connectivity index (χ3n) is 3.50. The molecule has 0 aliphatic carbocycles. The van der Waals surface area contributed by atoms with Crippen molar-refractivity contribution in [3.8, 4) is 5.75 Å². The molecule has 0 aliphatic rings. The Labute approximate surface area is 120 Å². The third kappa shape index (κ3) is 4.72. The summed E-state index contributed by atoms with van der Waals surface area (Å²) < 4.78 is 5.37. The number of nitrogens with one attached hydrogen (secondary N) is 1. The molecule has 0 radical (unpaired) electrons. The van der Waals surface area contributed by atoms with Crippen LogP contribution >= 0.6 is 0 Å². The smallest absolute Gasteiger partial charge is 0.275 e. The minimum atomic E-state index is -0.402. The maximum Gasteiger partial charge on any atom is 0.275 e. The molecule has 1 aromatic rings. The van der Waals surface area contributed by atoms with Gasteiger partial charge in [-0.05, 0) is 18.3 Å². The highest BCUT2D eigenvalue weighted by molar-refractivity contribution is 5.56. The lowest BCUT2D eigenvalue weighted by Crippen LogP contribution is -2.24. The Bertz CT molecular complexity index is 467. The van der Waals surface area contributed by atoms with Gasteiger partial charge in [-0.1, -0.05) is 27.7 Å². The minimum absolute atomic E-state index is 0.0434. The predicted octanol–water partition coefficient (Wildman–Crippen LogP) is 4.09. The zero-order valence-corrected chi connectivity index (χ0v) is 12.9. The Balaban J connectivity index is 2.86. The average molecular weight is 280 g/mol. The quantitative estimate of drug-likeness (QED) is 0.629. The number of nitro benzene ring substituents is 1. The van der Waals surface area contributed by atoms with Gasteiger partial charge in [0.15, 0.2) is 0 Å². The standard InChI is InChI=1S/C15H24N2O3/c1-6-20-14-8-12(7-13(9-14)17(18)19)16-10-11(2)15(3,4)5/h7-9,11,16H,6,10H2,1-5H3. The van der Waals surface area contributed by atoms with E-state index < -0.39 is 4.92 Å². The summed E-state index contributed by atoms with van der Waals surface area (Å²) in [4.78, 5) is 10.5. The lowest BCUT2D eigenvalue weighted by Gasteiger charge is -2.27. The summed E-state index contributed by atoms with van der Waals surface area (Å²) in [6.45, 7) is 11.8. The fourth-order valence-electron chi connectivity index (χ4n) is 1.62. The van der Waals surface area contributed by atoms with E-state index in [4.69, 9.17) is 4.74 Å². The summed E-state index contributed by atoms with van der Waals surface area (Å²) in [6, 6.07) is 4.78. The normalized spacial score (nSPS) is 12.8. The molecule has 0 bridgehead atoms. The Morgan fingerprint density at radius 1 is 1.35 bits per heavy atom. The van der Waals surface area contributed by atoms with Crippen molar-refractivity contribution in [2.45, 2.75) is 34.6 Å². The second kappa shape index (κ2) is 6.59. The van der Waals surface area contributed by atoms with Crippen molar-refractivity contribution in [1.82, 2.24) is 0 Å². The summed E-state index contributed by atoms with van der Waals surface area (Å²) >= 11 is 0. The number of hydrogen-bond acceptors (Lipinski definition) is 4. The Kier molecular flexibility index (Phi) is 5.36. The first-order valence-corrected chi connectivity index (χ1v) is 6.90. The molecule has 5 nitrogen and oxygen atoms in total. The molecule has 1 atom stereocenters. The van der Waals surface area contributed by atoms with Gasteiger partial charge < -0.3 is 10.1 Å². The minimum Gasteiger partial charge on any atom is -0.494 e. The lowest BCUT2D eigenvalue weighted by molar-refractivity contribution is -0.384. The first-order valence-electron chi connectivity index (χ1n) is 6.90. The average Bonchev–Trinajstić information content (AvgIpc) is 2.34. The van der Waals surface area contributed by atoms with Crippen molar-refractivity contribution >= 4 is 11.4 Å². The zero-order valence-electron chi connectivity index (χ0n) is 12.9. The number of nitrogens with zero attached hydrogens (tertiary/aromatic N) is 1. The molecular weight excluding hydrogens is 256 g/mol. The largest absolute Gasteiger partial charge is 0.494 e. The number of hydrogen-bond donors (Lipinski definition) is 1. The van der Waals surface area contributed by atoms with Crippen molar-refractivity contribution in [2.24, 2.45) is 11.3 Å². The number of anilines is 1. The number of ether oxygens (including phenoxy) is 1. The number of rotatable bonds is 6. The van der Waals surface area contributed by atoms with E-state index in [1.165, 1.54) is 12.1 Å². The summed E-state index contributed by atoms with van der Waals surface area (Å²) in [5, 5.41) is 14.2. The van der Waals surface area contributed by atoms with Crippen LogP contribution < -0.4 is 10.1 Å². The molecule has 1 rings (SSSR count). The number of non-ortho nitro benzene ring substituents is 1. The highest BCUT2D eigenvalue weighted by atomic mass is 16.6. The fourth-order valence-corrected chi connectivity index (χ4v) is 1.62. The van der Waals surface area contributed by atoms with Gasteiger partial charge in [0.1, 0.15) is 5.75 Å². The zero-order chi connectivity index (χ0) is 15.3. The van der Waals surface area contributed by atoms with E-state index in [0.29, 0.717) is 18.3 Å². The van der Waals surface area contributed by atoms with Gasteiger partial charge in [0.2, 0.25) is 0 Å². The monoisotopic (exact) mass is 280 g/mol. The van der Waals surface area contributed by atoms with Gasteiger partial charge in [-0.3, -0.25) is 10.1 Å². The van der Waals surface area contributed by atoms with Gasteiger partial charge in [0.25, 0.3) is 5.69 Å². The van der Waals surface area contributed by atoms with Crippen molar-refractivity contribution in [3.63, 3.8) is 0 Å². The first-order chi connectivity index (χ1) is 9.24. The highest BCUT2D eigenvalue weighted by Gasteiger charge is 2.20. The topological polar surface area (TPSA) is 64.4 Å². The van der Waals surface area contributed by atoms with Gasteiger partial charge in [-0.2, -0.15) is 0 Å². The third-order valence-corrected chi connectivity index (χ3v) is 3.50. The number of nitro groups is 1. The highest BCUT2D eigenvalue weighted by Crippen LogP contribution is 2.28. The molecule has 0 saturated carbocycles. The van der Waals surface area contributed by atoms with Gasteiger partial charge in [-0.15, -0.1) is 0 Å². The second-order valence-corrected chi connectivity index (χ2v) is 6.05. The van der Waals surface area contributed by atoms with E-state index in [1.54, 1.807) is 6.07 Å². The molecule has 0 aromatic heterocycles. The van der Waals surface area contributed by atoms with E-state index in [0.717, 1.165) is 12.2 Å². The Morgan fingerprint density at radius 2 is 2.00 bits per heavy atom. The van der Waals surface area contributed by atoms with Crippen LogP contribution in [0, 0.1) is 21.4 Å². The van der Waals surface area contributed by atoms with Gasteiger partial charge >= 0.3 is 0 Å². The van der Waals surface area contributed by atoms with E-state index in [9.17, 15) is 10.1 Å². The maximum absolute atomic E-state index is 10.9. The van der Waals surface area contributed by atoms with Crippen LogP contribution in [0.1, 0.15) is 34.6 Å². The summed E-state index contributed by atoms with van der Waals surface area (Å²) in [5.74, 6) is 0.963. The molecule has 0 fully saturated rings. The van der Waals surface area contributed by atoms with E-state index in [-0.39, 0.29) is 11.1 Å². The SMILES string of the molecule is CCOc1cc(NCC(C)C(C)(C)C)cc([N+](=O)[O-])c1. The molecule has 0 heterocycles. The van der Waals surface area contributed by atoms with Crippen LogP contribution in [0.25, 0.3) is 0 Å². The fraction of sp³-hybridized carbons (Fsp3) is 0.600. The Morgan fingerprint density at radius 3 is 2.50 bits per heavy atom. The maximum atomic E-state index is 10.9. The van der Waals surface area contributed by atoms with Gasteiger partial charge in [0, 0.05) is 24.4 Å². The van der Waals surface area contributed by atoms with Crippen molar-refractivity contribution in [2.75, 3.05) is 18.5 Å². The van der Waals surface area contributed by atoms with Crippen molar-refractivity contribution in [1.29, 1.82) is 0 Å². The van der Waals surface area contributed by atoms with E-state index in [1.807, 2.05) is 6.92 Å². The summed E-state index contributed by atoms with van der Waals surface area (Å²) in [6.07, 6.45) is 0. The van der Waals surface area contributed by atoms with Gasteiger partial charge in [-0.25, -0.2) is 0 Å². The molecule has 5 heteroatoms. The molecule has 0 aliphatic heterocycles. The summed E-state index contributed by atoms with van der Waals surface area (Å²) in [7, 11) is 0. The number of benzene rings is 1. The van der Waals surface area contributed by atoms with Crippen LogP contribution in [0.3, 0.4) is 0 Å². The van der Waals surface area contributed by atoms with E-state index >= 15 is 0 Å². The molecule has 20 heavy (non-hydrogen) atoms. The van der Waals surface area contributed by atoms with Crippen molar-refractivity contribution < 1.29 is 9.66 Å². The Hall–Kier alpha value is -1.78. The molecule has 1 N–H and O–H groups in total. The lowest BCUT2D eigenvalue weighted by atomic mass is 9.82. The molecule has 1 unspecified atom stereocenters. The first kappa shape index (κ1) is 16.3. The second-order valence-electron chi connectivity index (χ2n) is 6.05. The molecule has 1 aromatic carbocycles. The summed E-state index contributed by atoms with van der Waals surface area (Å²) in [5.41, 5.74) is 0.955. The molecule has 0 spiro atoms. The van der Waals surface area contributed by atoms with Crippen LogP contribution in [-0.4, -0.2) is 18.1 Å². The van der Waals surface area contributed by atoms with E-state index in [2.05, 4.69) is 33.0 Å². The predicted molar refractivity (Wildman–Crippen MR) is 81.4 cm³/mol. The molecule has 0 amide bonds. The van der Waals surface area contributed by atoms with Crippen LogP contribution in [0.2, 0.25) is 0 Å². The van der Waals surface area contributed by atoms with Crippen molar-refractivity contribution in [3.05, 3.63) is 28.3 Å².